The van der Waals surface area contributed by atoms with Crippen molar-refractivity contribution in [2.45, 2.75) is 26.3 Å². The van der Waals surface area contributed by atoms with Crippen molar-refractivity contribution in [3.05, 3.63) is 29.6 Å². The molecule has 0 aliphatic rings. The Bertz CT molecular complexity index is 489. The van der Waals surface area contributed by atoms with Gasteiger partial charge in [0.2, 0.25) is 5.91 Å². The Kier molecular flexibility index (Phi) is 6.11. The molecule has 2 N–H and O–H groups in total. The summed E-state index contributed by atoms with van der Waals surface area (Å²) in [4.78, 5) is 23.0. The van der Waals surface area contributed by atoms with Gasteiger partial charge in [0.25, 0.3) is 0 Å². The molecule has 0 aromatic heterocycles. The summed E-state index contributed by atoms with van der Waals surface area (Å²) in [6.45, 7) is 4.52. The lowest BCUT2D eigenvalue weighted by Gasteiger charge is -2.09. The highest BCUT2D eigenvalue weighted by atomic mass is 19.1. The van der Waals surface area contributed by atoms with E-state index in [-0.39, 0.29) is 11.5 Å². The molecule has 1 aromatic rings. The number of esters is 1. The monoisotopic (exact) mass is 282 g/mol. The average molecular weight is 282 g/mol. The number of rotatable bonds is 6. The van der Waals surface area contributed by atoms with Crippen LogP contribution in [0.2, 0.25) is 0 Å². The standard InChI is InChI=1S/C14H19FN2O3/c1-9(2)16-7-6-13(18)17-10-4-5-12(15)11(8-10)14(19)20-3/h4-5,8-9,16H,6-7H2,1-3H3,(H,17,18). The smallest absolute Gasteiger partial charge is 0.340 e. The zero-order valence-electron chi connectivity index (χ0n) is 11.8. The van der Waals surface area contributed by atoms with Gasteiger partial charge in [-0.05, 0) is 18.2 Å². The number of benzene rings is 1. The lowest BCUT2D eigenvalue weighted by atomic mass is 10.2. The minimum Gasteiger partial charge on any atom is -0.465 e. The molecule has 0 aliphatic carbocycles. The summed E-state index contributed by atoms with van der Waals surface area (Å²) in [5.41, 5.74) is 0.159. The van der Waals surface area contributed by atoms with Gasteiger partial charge in [-0.15, -0.1) is 0 Å². The maximum absolute atomic E-state index is 13.4. The van der Waals surface area contributed by atoms with Gasteiger partial charge < -0.3 is 15.4 Å². The van der Waals surface area contributed by atoms with Crippen molar-refractivity contribution in [2.24, 2.45) is 0 Å². The van der Waals surface area contributed by atoms with E-state index >= 15 is 0 Å². The van der Waals surface area contributed by atoms with Crippen LogP contribution in [0.3, 0.4) is 0 Å². The second-order valence-corrected chi connectivity index (χ2v) is 4.59. The number of carbonyl (C=O) groups excluding carboxylic acids is 2. The molecule has 1 aromatic carbocycles. The Hall–Kier alpha value is -1.95. The number of carbonyl (C=O) groups is 2. The fourth-order valence-corrected chi connectivity index (χ4v) is 1.57. The van der Waals surface area contributed by atoms with Gasteiger partial charge in [0.15, 0.2) is 0 Å². The fourth-order valence-electron chi connectivity index (χ4n) is 1.57. The lowest BCUT2D eigenvalue weighted by Crippen LogP contribution is -2.27. The number of nitrogens with one attached hydrogen (secondary N) is 2. The van der Waals surface area contributed by atoms with Gasteiger partial charge >= 0.3 is 5.97 Å². The number of hydrogen-bond donors (Lipinski definition) is 2. The van der Waals surface area contributed by atoms with Crippen molar-refractivity contribution in [3.8, 4) is 0 Å². The number of amides is 1. The van der Waals surface area contributed by atoms with Gasteiger partial charge in [-0.1, -0.05) is 13.8 Å². The van der Waals surface area contributed by atoms with Crippen LogP contribution in [0.4, 0.5) is 10.1 Å². The molecule has 0 aliphatic heterocycles. The molecule has 110 valence electrons. The van der Waals surface area contributed by atoms with Crippen LogP contribution in [0.1, 0.15) is 30.6 Å². The van der Waals surface area contributed by atoms with Gasteiger partial charge in [0.05, 0.1) is 12.7 Å². The van der Waals surface area contributed by atoms with Crippen LogP contribution in [-0.4, -0.2) is 31.6 Å². The van der Waals surface area contributed by atoms with Crippen LogP contribution in [0.5, 0.6) is 0 Å². The molecule has 0 spiro atoms. The Morgan fingerprint density at radius 2 is 2.05 bits per heavy atom. The Balaban J connectivity index is 2.64. The van der Waals surface area contributed by atoms with Crippen LogP contribution in [0.15, 0.2) is 18.2 Å². The Morgan fingerprint density at radius 1 is 1.35 bits per heavy atom. The second kappa shape index (κ2) is 7.59. The molecule has 0 bridgehead atoms. The second-order valence-electron chi connectivity index (χ2n) is 4.59. The van der Waals surface area contributed by atoms with Crippen molar-refractivity contribution in [1.82, 2.24) is 5.32 Å². The number of anilines is 1. The molecule has 0 fully saturated rings. The highest BCUT2D eigenvalue weighted by Gasteiger charge is 2.13. The molecule has 5 nitrogen and oxygen atoms in total. The van der Waals surface area contributed by atoms with E-state index in [0.29, 0.717) is 24.7 Å². The first kappa shape index (κ1) is 16.1. The van der Waals surface area contributed by atoms with Gasteiger partial charge in [-0.25, -0.2) is 9.18 Å². The molecular weight excluding hydrogens is 263 g/mol. The zero-order valence-corrected chi connectivity index (χ0v) is 11.8. The number of methoxy groups -OCH3 is 1. The Morgan fingerprint density at radius 3 is 2.65 bits per heavy atom. The maximum Gasteiger partial charge on any atom is 0.340 e. The third kappa shape index (κ3) is 4.97. The molecule has 0 saturated carbocycles. The molecule has 6 heteroatoms. The van der Waals surface area contributed by atoms with Crippen LogP contribution in [0, 0.1) is 5.82 Å². The zero-order chi connectivity index (χ0) is 15.1. The first-order chi connectivity index (χ1) is 9.43. The van der Waals surface area contributed by atoms with E-state index in [1.165, 1.54) is 19.2 Å². The summed E-state index contributed by atoms with van der Waals surface area (Å²) in [5, 5.41) is 5.72. The minimum atomic E-state index is -0.778. The van der Waals surface area contributed by atoms with Crippen LogP contribution in [-0.2, 0) is 9.53 Å². The quantitative estimate of drug-likeness (QED) is 0.782. The summed E-state index contributed by atoms with van der Waals surface area (Å²) >= 11 is 0. The van der Waals surface area contributed by atoms with E-state index in [9.17, 15) is 14.0 Å². The topological polar surface area (TPSA) is 67.4 Å². The van der Waals surface area contributed by atoms with Crippen molar-refractivity contribution < 1.29 is 18.7 Å². The molecule has 20 heavy (non-hydrogen) atoms. The largest absolute Gasteiger partial charge is 0.465 e. The summed E-state index contributed by atoms with van der Waals surface area (Å²) in [7, 11) is 1.17. The molecule has 0 radical (unpaired) electrons. The summed E-state index contributed by atoms with van der Waals surface area (Å²) in [6, 6.07) is 4.08. The predicted molar refractivity (Wildman–Crippen MR) is 74.1 cm³/mol. The van der Waals surface area contributed by atoms with Gasteiger partial charge in [0.1, 0.15) is 5.82 Å². The van der Waals surface area contributed by atoms with Crippen LogP contribution < -0.4 is 10.6 Å². The minimum absolute atomic E-state index is 0.203. The van der Waals surface area contributed by atoms with E-state index in [4.69, 9.17) is 0 Å². The van der Waals surface area contributed by atoms with Gasteiger partial charge in [0, 0.05) is 24.7 Å². The molecule has 1 amide bonds. The summed E-state index contributed by atoms with van der Waals surface area (Å²) in [5.74, 6) is -1.67. The predicted octanol–water partition coefficient (Wildman–Crippen LogP) is 1.94. The number of hydrogen-bond acceptors (Lipinski definition) is 4. The maximum atomic E-state index is 13.4. The Labute approximate surface area is 117 Å². The molecule has 0 atom stereocenters. The van der Waals surface area contributed by atoms with Crippen molar-refractivity contribution in [3.63, 3.8) is 0 Å². The molecule has 0 unspecified atom stereocenters. The van der Waals surface area contributed by atoms with E-state index < -0.39 is 11.8 Å². The lowest BCUT2D eigenvalue weighted by molar-refractivity contribution is -0.116. The van der Waals surface area contributed by atoms with Crippen LogP contribution >= 0.6 is 0 Å². The first-order valence-electron chi connectivity index (χ1n) is 6.35. The summed E-state index contributed by atoms with van der Waals surface area (Å²) in [6.07, 6.45) is 0.295. The average Bonchev–Trinajstić information content (AvgIpc) is 2.39. The highest BCUT2D eigenvalue weighted by molar-refractivity contribution is 5.94. The van der Waals surface area contributed by atoms with E-state index in [0.717, 1.165) is 6.07 Å². The molecule has 0 saturated heterocycles. The first-order valence-corrected chi connectivity index (χ1v) is 6.35. The normalized spacial score (nSPS) is 10.4. The fraction of sp³-hybridized carbons (Fsp3) is 0.429. The van der Waals surface area contributed by atoms with Gasteiger partial charge in [-0.2, -0.15) is 0 Å². The highest BCUT2D eigenvalue weighted by Crippen LogP contribution is 2.15. The third-order valence-electron chi connectivity index (χ3n) is 2.56. The number of halogens is 1. The SMILES string of the molecule is COC(=O)c1cc(NC(=O)CCNC(C)C)ccc1F. The number of ether oxygens (including phenoxy) is 1. The van der Waals surface area contributed by atoms with E-state index in [1.807, 2.05) is 13.8 Å². The van der Waals surface area contributed by atoms with E-state index in [2.05, 4.69) is 15.4 Å². The molecule has 0 heterocycles. The van der Waals surface area contributed by atoms with Crippen molar-refractivity contribution in [2.75, 3.05) is 19.0 Å². The van der Waals surface area contributed by atoms with E-state index in [1.54, 1.807) is 0 Å². The van der Waals surface area contributed by atoms with Gasteiger partial charge in [-0.3, -0.25) is 4.79 Å². The third-order valence-corrected chi connectivity index (χ3v) is 2.56. The molecule has 1 rings (SSSR count). The summed E-state index contributed by atoms with van der Waals surface area (Å²) < 4.78 is 17.9. The van der Waals surface area contributed by atoms with Crippen molar-refractivity contribution in [1.29, 1.82) is 0 Å². The molecular formula is C14H19FN2O3. The van der Waals surface area contributed by atoms with Crippen molar-refractivity contribution >= 4 is 17.6 Å². The van der Waals surface area contributed by atoms with Crippen LogP contribution in [0.25, 0.3) is 0 Å².